The van der Waals surface area contributed by atoms with E-state index in [-0.39, 0.29) is 0 Å². The monoisotopic (exact) mass is 463 g/mol. The first kappa shape index (κ1) is 28.2. The number of carboxylic acids is 3. The molecule has 180 valence electrons. The van der Waals surface area contributed by atoms with Gasteiger partial charge < -0.3 is 47.8 Å². The number of hydrogen-bond acceptors (Lipinski definition) is 9. The maximum absolute atomic E-state index is 12.5. The maximum atomic E-state index is 12.5. The third-order valence-corrected chi connectivity index (χ3v) is 3.84. The number of primary amides is 1. The number of amides is 4. The minimum Gasteiger partial charge on any atom is -0.481 e. The van der Waals surface area contributed by atoms with Crippen LogP contribution in [0, 0.1) is 0 Å². The summed E-state index contributed by atoms with van der Waals surface area (Å²) in [6, 6.07) is -6.66. The largest absolute Gasteiger partial charge is 0.481 e. The molecule has 0 aliphatic heterocycles. The molecule has 0 radical (unpaired) electrons. The fraction of sp³-hybridized carbons (Fsp3) is 0.562. The molecule has 0 saturated heterocycles. The van der Waals surface area contributed by atoms with E-state index >= 15 is 0 Å². The number of carbonyl (C=O) groups is 7. The minimum atomic E-state index is -1.88. The fourth-order valence-corrected chi connectivity index (χ4v) is 2.23. The average molecular weight is 463 g/mol. The van der Waals surface area contributed by atoms with Gasteiger partial charge in [-0.2, -0.15) is 0 Å². The first-order chi connectivity index (χ1) is 14.8. The van der Waals surface area contributed by atoms with Gasteiger partial charge in [-0.3, -0.25) is 28.8 Å². The lowest BCUT2D eigenvalue weighted by Crippen LogP contribution is -2.58. The van der Waals surface area contributed by atoms with Crippen molar-refractivity contribution in [1.82, 2.24) is 16.0 Å². The molecule has 0 aromatic carbocycles. The predicted molar refractivity (Wildman–Crippen MR) is 101 cm³/mol. The Morgan fingerprint density at radius 2 is 1.22 bits per heavy atom. The molecule has 4 atom stereocenters. The molecule has 11 N–H and O–H groups in total. The zero-order chi connectivity index (χ0) is 25.0. The van der Waals surface area contributed by atoms with Crippen LogP contribution < -0.4 is 27.4 Å². The van der Waals surface area contributed by atoms with Gasteiger partial charge in [-0.15, -0.1) is 0 Å². The Bertz CT molecular complexity index is 757. The van der Waals surface area contributed by atoms with Gasteiger partial charge in [-0.25, -0.2) is 4.79 Å². The number of nitrogens with one attached hydrogen (secondary N) is 3. The summed E-state index contributed by atoms with van der Waals surface area (Å²) in [6.45, 7) is -0.791. The molecule has 0 aliphatic rings. The van der Waals surface area contributed by atoms with Crippen LogP contribution in [0.25, 0.3) is 0 Å². The Morgan fingerprint density at radius 1 is 0.719 bits per heavy atom. The topological polar surface area (TPSA) is 289 Å². The zero-order valence-corrected chi connectivity index (χ0v) is 16.6. The van der Waals surface area contributed by atoms with E-state index in [1.54, 1.807) is 0 Å². The first-order valence-corrected chi connectivity index (χ1v) is 9.00. The summed E-state index contributed by atoms with van der Waals surface area (Å²) < 4.78 is 0. The Labute approximate surface area is 180 Å². The normalized spacial score (nSPS) is 14.2. The highest BCUT2D eigenvalue weighted by Crippen LogP contribution is 2.03. The summed E-state index contributed by atoms with van der Waals surface area (Å²) in [5.41, 5.74) is 10.3. The van der Waals surface area contributed by atoms with E-state index in [1.807, 2.05) is 10.6 Å². The second-order valence-corrected chi connectivity index (χ2v) is 6.51. The molecule has 0 heterocycles. The molecule has 0 aromatic rings. The molecule has 4 amide bonds. The summed E-state index contributed by atoms with van der Waals surface area (Å²) in [5.74, 6) is -9.07. The van der Waals surface area contributed by atoms with Crippen molar-refractivity contribution >= 4 is 41.5 Å². The summed E-state index contributed by atoms with van der Waals surface area (Å²) in [5, 5.41) is 41.4. The van der Waals surface area contributed by atoms with Crippen molar-refractivity contribution in [3.8, 4) is 0 Å². The van der Waals surface area contributed by atoms with Crippen LogP contribution in [0.1, 0.15) is 25.7 Å². The van der Waals surface area contributed by atoms with Gasteiger partial charge in [0.05, 0.1) is 19.4 Å². The maximum Gasteiger partial charge on any atom is 0.326 e. The molecule has 0 aliphatic carbocycles. The highest BCUT2D eigenvalue weighted by Gasteiger charge is 2.32. The molecule has 16 heteroatoms. The Balaban J connectivity index is 5.58. The van der Waals surface area contributed by atoms with Gasteiger partial charge in [0, 0.05) is 6.42 Å². The van der Waals surface area contributed by atoms with Crippen LogP contribution in [0.3, 0.4) is 0 Å². The van der Waals surface area contributed by atoms with Crippen molar-refractivity contribution in [2.24, 2.45) is 11.5 Å². The van der Waals surface area contributed by atoms with Crippen molar-refractivity contribution in [1.29, 1.82) is 0 Å². The minimum absolute atomic E-state index is 0.542. The van der Waals surface area contributed by atoms with E-state index in [2.05, 4.69) is 5.32 Å². The molecule has 0 aromatic heterocycles. The third-order valence-electron chi connectivity index (χ3n) is 3.84. The predicted octanol–water partition coefficient (Wildman–Crippen LogP) is -4.94. The van der Waals surface area contributed by atoms with Crippen LogP contribution >= 0.6 is 0 Å². The second kappa shape index (κ2) is 13.5. The van der Waals surface area contributed by atoms with Gasteiger partial charge in [0.15, 0.2) is 0 Å². The van der Waals surface area contributed by atoms with E-state index in [0.29, 0.717) is 0 Å². The van der Waals surface area contributed by atoms with E-state index < -0.39 is 98.0 Å². The molecular weight excluding hydrogens is 438 g/mol. The van der Waals surface area contributed by atoms with Gasteiger partial charge in [-0.1, -0.05) is 0 Å². The number of carbonyl (C=O) groups excluding carboxylic acids is 4. The van der Waals surface area contributed by atoms with Crippen molar-refractivity contribution in [2.45, 2.75) is 49.9 Å². The number of rotatable bonds is 15. The van der Waals surface area contributed by atoms with Crippen LogP contribution in [0.4, 0.5) is 0 Å². The van der Waals surface area contributed by atoms with Gasteiger partial charge in [0.1, 0.15) is 24.2 Å². The van der Waals surface area contributed by atoms with Crippen molar-refractivity contribution in [3.05, 3.63) is 0 Å². The van der Waals surface area contributed by atoms with Gasteiger partial charge in [-0.05, 0) is 6.42 Å². The SMILES string of the molecule is NC(=O)CC(NC(=O)C(N)CO)C(=O)NC(CCC(=O)O)C(=O)NC(CC(=O)O)C(=O)O. The highest BCUT2D eigenvalue weighted by molar-refractivity contribution is 5.96. The summed E-state index contributed by atoms with van der Waals surface area (Å²) in [7, 11) is 0. The van der Waals surface area contributed by atoms with Crippen LogP contribution in [-0.4, -0.2) is 92.7 Å². The van der Waals surface area contributed by atoms with Gasteiger partial charge >= 0.3 is 17.9 Å². The number of carboxylic acid groups (broad SMARTS) is 3. The summed E-state index contributed by atoms with van der Waals surface area (Å²) >= 11 is 0. The molecule has 4 unspecified atom stereocenters. The lowest BCUT2D eigenvalue weighted by atomic mass is 10.1. The van der Waals surface area contributed by atoms with Crippen LogP contribution in [-0.2, 0) is 33.6 Å². The number of hydrogen-bond donors (Lipinski definition) is 9. The average Bonchev–Trinajstić information content (AvgIpc) is 2.67. The Hall–Kier alpha value is -3.79. The number of aliphatic hydroxyl groups is 1. The third kappa shape index (κ3) is 10.8. The van der Waals surface area contributed by atoms with E-state index in [1.165, 1.54) is 0 Å². The standard InChI is InChI=1S/C16H25N5O11/c17-6(5-22)13(28)20-8(3-10(18)23)15(30)19-7(1-2-11(24)25)14(29)21-9(16(31)32)4-12(26)27/h6-9,22H,1-5,17H2,(H2,18,23)(H,19,30)(H,20,28)(H,21,29)(H,24,25)(H,26,27)(H,31,32). The molecular formula is C16H25N5O11. The highest BCUT2D eigenvalue weighted by atomic mass is 16.4. The molecule has 0 spiro atoms. The number of aliphatic hydroxyl groups excluding tert-OH is 1. The fourth-order valence-electron chi connectivity index (χ4n) is 2.23. The Kier molecular flexibility index (Phi) is 11.9. The van der Waals surface area contributed by atoms with Gasteiger partial charge in [0.25, 0.3) is 0 Å². The van der Waals surface area contributed by atoms with Crippen molar-refractivity contribution in [2.75, 3.05) is 6.61 Å². The zero-order valence-electron chi connectivity index (χ0n) is 16.6. The number of nitrogens with two attached hydrogens (primary N) is 2. The van der Waals surface area contributed by atoms with E-state index in [9.17, 15) is 33.6 Å². The van der Waals surface area contributed by atoms with Crippen molar-refractivity contribution < 1.29 is 54.0 Å². The number of aliphatic carboxylic acids is 3. The molecule has 0 rings (SSSR count). The lowest BCUT2D eigenvalue weighted by Gasteiger charge is -2.24. The van der Waals surface area contributed by atoms with Crippen LogP contribution in [0.2, 0.25) is 0 Å². The second-order valence-electron chi connectivity index (χ2n) is 6.51. The van der Waals surface area contributed by atoms with Crippen molar-refractivity contribution in [3.63, 3.8) is 0 Å². The molecule has 16 nitrogen and oxygen atoms in total. The van der Waals surface area contributed by atoms with E-state index in [0.717, 1.165) is 0 Å². The van der Waals surface area contributed by atoms with Gasteiger partial charge in [0.2, 0.25) is 23.6 Å². The molecule has 0 fully saturated rings. The molecule has 0 bridgehead atoms. The van der Waals surface area contributed by atoms with Crippen LogP contribution in [0.5, 0.6) is 0 Å². The summed E-state index contributed by atoms with van der Waals surface area (Å²) in [4.78, 5) is 80.7. The quantitative estimate of drug-likeness (QED) is 0.110. The smallest absolute Gasteiger partial charge is 0.326 e. The molecule has 0 saturated carbocycles. The lowest BCUT2D eigenvalue weighted by molar-refractivity contribution is -0.147. The Morgan fingerprint density at radius 3 is 1.66 bits per heavy atom. The molecule has 32 heavy (non-hydrogen) atoms. The first-order valence-electron chi connectivity index (χ1n) is 9.00. The van der Waals surface area contributed by atoms with E-state index in [4.69, 9.17) is 31.9 Å². The summed E-state index contributed by atoms with van der Waals surface area (Å²) in [6.07, 6.45) is -2.95. The van der Waals surface area contributed by atoms with Crippen LogP contribution in [0.15, 0.2) is 0 Å².